The highest BCUT2D eigenvalue weighted by Crippen LogP contribution is 2.41. The van der Waals surface area contributed by atoms with Crippen molar-refractivity contribution in [2.24, 2.45) is 0 Å². The molecule has 0 aromatic heterocycles. The Hall–Kier alpha value is -5.28. The van der Waals surface area contributed by atoms with Crippen LogP contribution >= 0.6 is 0 Å². The summed E-state index contributed by atoms with van der Waals surface area (Å²) in [5.41, 5.74) is 17.7. The number of allylic oxidation sites excluding steroid dienone is 14. The first-order valence-corrected chi connectivity index (χ1v) is 13.9. The third-order valence-corrected chi connectivity index (χ3v) is 6.95. The standard InChI is InChI=1S/C38H35N3/c1-4-5-6-7-10-18-31-19-12-13-21-37(31)40-39-32-22-24-33(25-23-32)41-28-15-14-17-30(3)35-27-26-34-29(2)16-9-8-11-20-36(34)38(35)41/h4-28,39-40H,3H2,1-2H3/b5-4-,7-6-,9-8-,11-8?,16-9?,17-14-,18-10+,20-11-,28-15-,29-16+,34-29?,36-20?. The summed E-state index contributed by atoms with van der Waals surface area (Å²) >= 11 is 0. The average Bonchev–Trinajstić information content (AvgIpc) is 2.98. The molecule has 41 heavy (non-hydrogen) atoms. The molecule has 0 radical (unpaired) electrons. The molecule has 1 heterocycles. The van der Waals surface area contributed by atoms with Crippen LogP contribution in [0.15, 0.2) is 146 Å². The van der Waals surface area contributed by atoms with Crippen LogP contribution in [0.5, 0.6) is 0 Å². The summed E-state index contributed by atoms with van der Waals surface area (Å²) in [4.78, 5) is 2.25. The Balaban J connectivity index is 1.43. The Morgan fingerprint density at radius 3 is 2.37 bits per heavy atom. The van der Waals surface area contributed by atoms with Crippen molar-refractivity contribution < 1.29 is 0 Å². The summed E-state index contributed by atoms with van der Waals surface area (Å²) in [6, 6.07) is 21.1. The number of hydrazine groups is 1. The molecule has 0 saturated carbocycles. The Morgan fingerprint density at radius 2 is 1.51 bits per heavy atom. The van der Waals surface area contributed by atoms with E-state index in [4.69, 9.17) is 0 Å². The fourth-order valence-corrected chi connectivity index (χ4v) is 4.83. The number of anilines is 4. The van der Waals surface area contributed by atoms with E-state index >= 15 is 0 Å². The summed E-state index contributed by atoms with van der Waals surface area (Å²) in [6.45, 7) is 8.54. The average molecular weight is 534 g/mol. The zero-order chi connectivity index (χ0) is 28.4. The second-order valence-electron chi connectivity index (χ2n) is 9.77. The van der Waals surface area contributed by atoms with Crippen LogP contribution in [0.1, 0.15) is 36.1 Å². The Bertz CT molecular complexity index is 1650. The SMILES string of the molecule is C=C1/C=C\C=C/N(c2ccc(NNc3ccccc3/C=C/C=C\C=C/C)cc2)c2c1ccc1c2\C=C/C=C\C=C\1C. The maximum absolute atomic E-state index is 4.37. The van der Waals surface area contributed by atoms with Crippen LogP contribution in [0.3, 0.4) is 0 Å². The number of fused-ring (bicyclic) bond motifs is 3. The third kappa shape index (κ3) is 6.48. The fraction of sp³-hybridized carbons (Fsp3) is 0.0526. The molecule has 0 unspecified atom stereocenters. The highest BCUT2D eigenvalue weighted by molar-refractivity contribution is 5.94. The lowest BCUT2D eigenvalue weighted by Gasteiger charge is -2.29. The van der Waals surface area contributed by atoms with Gasteiger partial charge in [0.2, 0.25) is 0 Å². The van der Waals surface area contributed by atoms with Crippen molar-refractivity contribution in [3.8, 4) is 0 Å². The molecule has 3 aromatic carbocycles. The van der Waals surface area contributed by atoms with Gasteiger partial charge in [-0.25, -0.2) is 0 Å². The topological polar surface area (TPSA) is 27.3 Å². The number of rotatable bonds is 7. The first-order valence-electron chi connectivity index (χ1n) is 13.9. The van der Waals surface area contributed by atoms with E-state index in [0.29, 0.717) is 0 Å². The quantitative estimate of drug-likeness (QED) is 0.234. The molecule has 1 aliphatic carbocycles. The molecule has 3 nitrogen and oxygen atoms in total. The van der Waals surface area contributed by atoms with E-state index in [-0.39, 0.29) is 0 Å². The smallest absolute Gasteiger partial charge is 0.0612 e. The minimum Gasteiger partial charge on any atom is -0.316 e. The number of nitrogens with one attached hydrogen (secondary N) is 2. The van der Waals surface area contributed by atoms with Gasteiger partial charge in [-0.3, -0.25) is 0 Å². The van der Waals surface area contributed by atoms with Crippen LogP contribution in [-0.2, 0) is 0 Å². The van der Waals surface area contributed by atoms with E-state index in [1.807, 2.05) is 55.5 Å². The first kappa shape index (κ1) is 27.3. The minimum atomic E-state index is 0.966. The van der Waals surface area contributed by atoms with E-state index in [2.05, 4.69) is 133 Å². The molecule has 0 saturated heterocycles. The third-order valence-electron chi connectivity index (χ3n) is 6.95. The molecule has 202 valence electrons. The number of nitrogens with zero attached hydrogens (tertiary/aromatic N) is 1. The lowest BCUT2D eigenvalue weighted by atomic mass is 9.90. The molecule has 0 bridgehead atoms. The van der Waals surface area contributed by atoms with Gasteiger partial charge in [0.1, 0.15) is 0 Å². The van der Waals surface area contributed by atoms with Gasteiger partial charge in [0.15, 0.2) is 0 Å². The van der Waals surface area contributed by atoms with Crippen LogP contribution in [0.2, 0.25) is 0 Å². The molecular weight excluding hydrogens is 498 g/mol. The summed E-state index contributed by atoms with van der Waals surface area (Å²) in [5, 5.41) is 0. The normalized spacial score (nSPS) is 18.9. The van der Waals surface area contributed by atoms with Crippen molar-refractivity contribution in [2.75, 3.05) is 15.8 Å². The lowest BCUT2D eigenvalue weighted by Crippen LogP contribution is -2.14. The second-order valence-corrected chi connectivity index (χ2v) is 9.77. The largest absolute Gasteiger partial charge is 0.316 e. The summed E-state index contributed by atoms with van der Waals surface area (Å²) in [7, 11) is 0. The van der Waals surface area contributed by atoms with Crippen LogP contribution in [-0.4, -0.2) is 0 Å². The fourth-order valence-electron chi connectivity index (χ4n) is 4.83. The Kier molecular flexibility index (Phi) is 8.78. The van der Waals surface area contributed by atoms with Gasteiger partial charge in [0.05, 0.1) is 17.1 Å². The number of hydrogen-bond donors (Lipinski definition) is 2. The Morgan fingerprint density at radius 1 is 0.732 bits per heavy atom. The van der Waals surface area contributed by atoms with Gasteiger partial charge in [0.25, 0.3) is 0 Å². The van der Waals surface area contributed by atoms with Gasteiger partial charge in [-0.05, 0) is 72.5 Å². The van der Waals surface area contributed by atoms with Gasteiger partial charge < -0.3 is 15.8 Å². The molecule has 3 heteroatoms. The number of benzene rings is 3. The van der Waals surface area contributed by atoms with Gasteiger partial charge in [-0.1, -0.05) is 116 Å². The molecule has 2 N–H and O–H groups in total. The molecule has 2 aliphatic rings. The van der Waals surface area contributed by atoms with E-state index in [9.17, 15) is 0 Å². The molecule has 0 amide bonds. The van der Waals surface area contributed by atoms with Crippen molar-refractivity contribution in [3.63, 3.8) is 0 Å². The van der Waals surface area contributed by atoms with Gasteiger partial charge in [0, 0.05) is 23.0 Å². The van der Waals surface area contributed by atoms with Crippen LogP contribution in [0, 0.1) is 0 Å². The highest BCUT2D eigenvalue weighted by atomic mass is 15.4. The Labute approximate surface area is 243 Å². The predicted octanol–water partition coefficient (Wildman–Crippen LogP) is 10.5. The van der Waals surface area contributed by atoms with E-state index in [1.165, 1.54) is 16.7 Å². The van der Waals surface area contributed by atoms with Crippen LogP contribution in [0.25, 0.3) is 23.3 Å². The summed E-state index contributed by atoms with van der Waals surface area (Å²) in [6.07, 6.45) is 31.1. The highest BCUT2D eigenvalue weighted by Gasteiger charge is 2.20. The maximum atomic E-state index is 4.37. The lowest BCUT2D eigenvalue weighted by molar-refractivity contribution is 1.25. The van der Waals surface area contributed by atoms with Crippen LogP contribution in [0.4, 0.5) is 22.7 Å². The van der Waals surface area contributed by atoms with Crippen molar-refractivity contribution >= 4 is 46.0 Å². The minimum absolute atomic E-state index is 0.966. The zero-order valence-corrected chi connectivity index (χ0v) is 23.6. The summed E-state index contributed by atoms with van der Waals surface area (Å²) < 4.78 is 0. The monoisotopic (exact) mass is 533 g/mol. The molecular formula is C38H35N3. The van der Waals surface area contributed by atoms with Gasteiger partial charge >= 0.3 is 0 Å². The maximum Gasteiger partial charge on any atom is 0.0612 e. The molecule has 1 aliphatic heterocycles. The van der Waals surface area contributed by atoms with Gasteiger partial charge in [-0.15, -0.1) is 0 Å². The predicted molar refractivity (Wildman–Crippen MR) is 181 cm³/mol. The van der Waals surface area contributed by atoms with Crippen molar-refractivity contribution in [3.05, 3.63) is 169 Å². The van der Waals surface area contributed by atoms with E-state index < -0.39 is 0 Å². The van der Waals surface area contributed by atoms with Crippen LogP contribution < -0.4 is 15.8 Å². The van der Waals surface area contributed by atoms with Crippen molar-refractivity contribution in [2.45, 2.75) is 13.8 Å². The molecule has 5 rings (SSSR count). The van der Waals surface area contributed by atoms with Crippen molar-refractivity contribution in [1.82, 2.24) is 0 Å². The van der Waals surface area contributed by atoms with Gasteiger partial charge in [-0.2, -0.15) is 0 Å². The molecule has 0 atom stereocenters. The molecule has 0 fully saturated rings. The first-order chi connectivity index (χ1) is 20.2. The van der Waals surface area contributed by atoms with Crippen molar-refractivity contribution in [1.29, 1.82) is 0 Å². The summed E-state index contributed by atoms with van der Waals surface area (Å²) in [5.74, 6) is 0. The molecule has 0 spiro atoms. The van der Waals surface area contributed by atoms with E-state index in [1.54, 1.807) is 0 Å². The zero-order valence-electron chi connectivity index (χ0n) is 23.6. The number of para-hydroxylation sites is 1. The molecule has 3 aromatic rings. The second kappa shape index (κ2) is 13.2. The number of hydrogen-bond acceptors (Lipinski definition) is 3. The van der Waals surface area contributed by atoms with E-state index in [0.717, 1.165) is 39.4 Å².